The first-order valence-corrected chi connectivity index (χ1v) is 9.07. The second-order valence-corrected chi connectivity index (χ2v) is 6.52. The summed E-state index contributed by atoms with van der Waals surface area (Å²) < 4.78 is 10.6. The van der Waals surface area contributed by atoms with Gasteiger partial charge in [0.05, 0.1) is 24.9 Å². The van der Waals surface area contributed by atoms with Gasteiger partial charge >= 0.3 is 0 Å². The molecule has 0 fully saturated rings. The highest BCUT2D eigenvalue weighted by Crippen LogP contribution is 2.36. The van der Waals surface area contributed by atoms with E-state index in [1.807, 2.05) is 6.92 Å². The van der Waals surface area contributed by atoms with Gasteiger partial charge in [-0.2, -0.15) is 0 Å². The molecule has 146 valence electrons. The number of nitrogens with zero attached hydrogens (tertiary/aromatic N) is 3. The minimum absolute atomic E-state index is 0.141. The number of nitrogens with one attached hydrogen (secondary N) is 1. The number of rotatable bonds is 8. The van der Waals surface area contributed by atoms with Crippen LogP contribution in [0.25, 0.3) is 0 Å². The van der Waals surface area contributed by atoms with Crippen LogP contribution in [-0.4, -0.2) is 48.6 Å². The second-order valence-electron chi connectivity index (χ2n) is 6.11. The van der Waals surface area contributed by atoms with Crippen LogP contribution < -0.4 is 14.8 Å². The van der Waals surface area contributed by atoms with Gasteiger partial charge in [-0.1, -0.05) is 24.9 Å². The number of benzene rings is 1. The number of anilines is 2. The summed E-state index contributed by atoms with van der Waals surface area (Å²) in [6.07, 6.45) is 1.96. The fourth-order valence-corrected chi connectivity index (χ4v) is 2.74. The third-order valence-electron chi connectivity index (χ3n) is 3.99. The molecule has 0 saturated heterocycles. The Morgan fingerprint density at radius 1 is 1.19 bits per heavy atom. The average Bonchev–Trinajstić information content (AvgIpc) is 2.65. The highest BCUT2D eigenvalue weighted by Gasteiger charge is 2.16. The standard InChI is InChI=1S/C19H25ClN4O3/c1-6-7-8-24(3)18(25)15-9-12(2)21-19(23-15)22-14-11-16(26-4)13(20)10-17(14)27-5/h9-11H,6-8H2,1-5H3,(H,21,22,23). The monoisotopic (exact) mass is 392 g/mol. The molecule has 2 rings (SSSR count). The van der Waals surface area contributed by atoms with Gasteiger partial charge in [-0.05, 0) is 19.4 Å². The average molecular weight is 393 g/mol. The number of halogens is 1. The van der Waals surface area contributed by atoms with E-state index in [-0.39, 0.29) is 5.91 Å². The molecule has 0 unspecified atom stereocenters. The van der Waals surface area contributed by atoms with Crippen LogP contribution in [0.15, 0.2) is 18.2 Å². The highest BCUT2D eigenvalue weighted by atomic mass is 35.5. The molecule has 0 radical (unpaired) electrons. The van der Waals surface area contributed by atoms with Crippen LogP contribution in [0, 0.1) is 6.92 Å². The Morgan fingerprint density at radius 2 is 1.89 bits per heavy atom. The van der Waals surface area contributed by atoms with Gasteiger partial charge in [0.2, 0.25) is 5.95 Å². The first-order valence-electron chi connectivity index (χ1n) is 8.69. The lowest BCUT2D eigenvalue weighted by Crippen LogP contribution is -2.28. The number of carbonyl (C=O) groups is 1. The van der Waals surface area contributed by atoms with Crippen LogP contribution in [0.4, 0.5) is 11.6 Å². The minimum Gasteiger partial charge on any atom is -0.495 e. The number of aryl methyl sites for hydroxylation is 1. The number of aromatic nitrogens is 2. The van der Waals surface area contributed by atoms with Crippen molar-refractivity contribution in [2.24, 2.45) is 0 Å². The smallest absolute Gasteiger partial charge is 0.272 e. The Bertz CT molecular complexity index is 814. The van der Waals surface area contributed by atoms with Crippen molar-refractivity contribution in [3.05, 3.63) is 34.6 Å². The van der Waals surface area contributed by atoms with Crippen molar-refractivity contribution in [1.82, 2.24) is 14.9 Å². The number of methoxy groups -OCH3 is 2. The predicted molar refractivity (Wildman–Crippen MR) is 106 cm³/mol. The third-order valence-corrected chi connectivity index (χ3v) is 4.28. The van der Waals surface area contributed by atoms with Crippen LogP contribution in [0.5, 0.6) is 11.5 Å². The van der Waals surface area contributed by atoms with E-state index in [0.717, 1.165) is 12.8 Å². The van der Waals surface area contributed by atoms with Crippen molar-refractivity contribution in [3.8, 4) is 11.5 Å². The Hall–Kier alpha value is -2.54. The maximum absolute atomic E-state index is 12.6. The largest absolute Gasteiger partial charge is 0.495 e. The lowest BCUT2D eigenvalue weighted by molar-refractivity contribution is 0.0787. The van der Waals surface area contributed by atoms with Gasteiger partial charge in [0.15, 0.2) is 0 Å². The second kappa shape index (κ2) is 9.41. The minimum atomic E-state index is -0.141. The molecule has 1 amide bonds. The third kappa shape index (κ3) is 5.23. The number of unbranched alkanes of at least 4 members (excludes halogenated alkanes) is 1. The summed E-state index contributed by atoms with van der Waals surface area (Å²) in [5, 5.41) is 3.52. The molecule has 0 aliphatic heterocycles. The molecule has 7 nitrogen and oxygen atoms in total. The molecule has 0 bridgehead atoms. The molecule has 1 aromatic heterocycles. The molecule has 8 heteroatoms. The summed E-state index contributed by atoms with van der Waals surface area (Å²) in [5.74, 6) is 1.16. The van der Waals surface area contributed by atoms with Crippen LogP contribution in [0.3, 0.4) is 0 Å². The molecule has 0 saturated carbocycles. The van der Waals surface area contributed by atoms with Crippen LogP contribution in [0.2, 0.25) is 5.02 Å². The SMILES string of the molecule is CCCCN(C)C(=O)c1cc(C)nc(Nc2cc(OC)c(Cl)cc2OC)n1. The van der Waals surface area contributed by atoms with E-state index in [9.17, 15) is 4.79 Å². The van der Waals surface area contributed by atoms with Crippen molar-refractivity contribution in [1.29, 1.82) is 0 Å². The van der Waals surface area contributed by atoms with Gasteiger partial charge in [-0.15, -0.1) is 0 Å². The van der Waals surface area contributed by atoms with Gasteiger partial charge in [0.25, 0.3) is 5.91 Å². The molecule has 1 heterocycles. The first kappa shape index (κ1) is 20.8. The molecule has 0 aliphatic rings. The molecule has 2 aromatic rings. The number of ether oxygens (including phenoxy) is 2. The predicted octanol–water partition coefficient (Wildman–Crippen LogP) is 4.07. The fourth-order valence-electron chi connectivity index (χ4n) is 2.50. The Labute approximate surface area is 164 Å². The molecule has 1 N–H and O–H groups in total. The van der Waals surface area contributed by atoms with E-state index in [1.165, 1.54) is 14.2 Å². The summed E-state index contributed by atoms with van der Waals surface area (Å²) in [6.45, 7) is 4.58. The number of hydrogen-bond donors (Lipinski definition) is 1. The Morgan fingerprint density at radius 3 is 2.52 bits per heavy atom. The molecule has 0 spiro atoms. The normalized spacial score (nSPS) is 10.4. The lowest BCUT2D eigenvalue weighted by atomic mass is 10.2. The maximum atomic E-state index is 12.6. The van der Waals surface area contributed by atoms with Crippen molar-refractivity contribution in [3.63, 3.8) is 0 Å². The summed E-state index contributed by atoms with van der Waals surface area (Å²) in [4.78, 5) is 23.0. The van der Waals surface area contributed by atoms with Crippen molar-refractivity contribution in [2.45, 2.75) is 26.7 Å². The molecular formula is C19H25ClN4O3. The van der Waals surface area contributed by atoms with Gasteiger partial charge in [-0.3, -0.25) is 4.79 Å². The van der Waals surface area contributed by atoms with Crippen LogP contribution in [-0.2, 0) is 0 Å². The molecule has 0 aliphatic carbocycles. The van der Waals surface area contributed by atoms with E-state index in [4.69, 9.17) is 21.1 Å². The summed E-state index contributed by atoms with van der Waals surface area (Å²) in [5.41, 5.74) is 1.60. The van der Waals surface area contributed by atoms with E-state index in [1.54, 1.807) is 30.1 Å². The summed E-state index contributed by atoms with van der Waals surface area (Å²) in [6, 6.07) is 5.01. The summed E-state index contributed by atoms with van der Waals surface area (Å²) >= 11 is 6.14. The van der Waals surface area contributed by atoms with Gasteiger partial charge in [-0.25, -0.2) is 9.97 Å². The zero-order chi connectivity index (χ0) is 20.0. The molecule has 0 atom stereocenters. The van der Waals surface area contributed by atoms with Crippen LogP contribution >= 0.6 is 11.6 Å². The number of hydrogen-bond acceptors (Lipinski definition) is 6. The van der Waals surface area contributed by atoms with Crippen molar-refractivity contribution < 1.29 is 14.3 Å². The van der Waals surface area contributed by atoms with Crippen molar-refractivity contribution >= 4 is 29.1 Å². The maximum Gasteiger partial charge on any atom is 0.272 e. The van der Waals surface area contributed by atoms with E-state index in [2.05, 4.69) is 22.2 Å². The van der Waals surface area contributed by atoms with E-state index < -0.39 is 0 Å². The van der Waals surface area contributed by atoms with Gasteiger partial charge in [0, 0.05) is 31.4 Å². The zero-order valence-corrected chi connectivity index (χ0v) is 17.1. The Balaban J connectivity index is 2.33. The topological polar surface area (TPSA) is 76.6 Å². The van der Waals surface area contributed by atoms with Crippen LogP contribution in [0.1, 0.15) is 35.9 Å². The van der Waals surface area contributed by atoms with Gasteiger partial charge in [0.1, 0.15) is 17.2 Å². The number of carbonyl (C=O) groups excluding carboxylic acids is 1. The van der Waals surface area contributed by atoms with Gasteiger partial charge < -0.3 is 19.7 Å². The highest BCUT2D eigenvalue weighted by molar-refractivity contribution is 6.32. The molecular weight excluding hydrogens is 368 g/mol. The Kier molecular flexibility index (Phi) is 7.24. The molecule has 27 heavy (non-hydrogen) atoms. The fraction of sp³-hybridized carbons (Fsp3) is 0.421. The zero-order valence-electron chi connectivity index (χ0n) is 16.3. The first-order chi connectivity index (χ1) is 12.9. The lowest BCUT2D eigenvalue weighted by Gasteiger charge is -2.17. The summed E-state index contributed by atoms with van der Waals surface area (Å²) in [7, 11) is 4.84. The number of amides is 1. The van der Waals surface area contributed by atoms with E-state index in [0.29, 0.717) is 46.1 Å². The molecule has 1 aromatic carbocycles. The quantitative estimate of drug-likeness (QED) is 0.729. The van der Waals surface area contributed by atoms with E-state index >= 15 is 0 Å². The van der Waals surface area contributed by atoms with Crippen molar-refractivity contribution in [2.75, 3.05) is 33.1 Å².